The third-order valence-corrected chi connectivity index (χ3v) is 8.48. The second-order valence-electron chi connectivity index (χ2n) is 9.88. The van der Waals surface area contributed by atoms with Crippen molar-refractivity contribution in [1.29, 1.82) is 0 Å². The number of sulfonamides is 1. The average molecular weight is 635 g/mol. The van der Waals surface area contributed by atoms with Gasteiger partial charge in [0.1, 0.15) is 24.9 Å². The van der Waals surface area contributed by atoms with Crippen molar-refractivity contribution in [3.63, 3.8) is 0 Å². The van der Waals surface area contributed by atoms with Gasteiger partial charge in [0.15, 0.2) is 0 Å². The number of amides is 2. The van der Waals surface area contributed by atoms with E-state index < -0.39 is 28.5 Å². The quantitative estimate of drug-likeness (QED) is 0.205. The molecule has 0 saturated carbocycles. The van der Waals surface area contributed by atoms with Crippen molar-refractivity contribution in [3.8, 4) is 5.75 Å². The topological polar surface area (TPSA) is 96.0 Å². The van der Waals surface area contributed by atoms with Gasteiger partial charge in [-0.2, -0.15) is 0 Å². The summed E-state index contributed by atoms with van der Waals surface area (Å²) < 4.78 is 32.6. The smallest absolute Gasteiger partial charge is 0.244 e. The molecule has 8 nitrogen and oxygen atoms in total. The van der Waals surface area contributed by atoms with Crippen LogP contribution in [0.1, 0.15) is 44.2 Å². The molecule has 0 unspecified atom stereocenters. The summed E-state index contributed by atoms with van der Waals surface area (Å²) in [5.41, 5.74) is 1.95. The molecule has 0 aliphatic carbocycles. The minimum atomic E-state index is -3.86. The maximum absolute atomic E-state index is 13.8. The van der Waals surface area contributed by atoms with Gasteiger partial charge in [-0.05, 0) is 60.4 Å². The van der Waals surface area contributed by atoms with Crippen LogP contribution in [-0.2, 0) is 32.8 Å². The molecule has 3 aromatic rings. The zero-order valence-electron chi connectivity index (χ0n) is 24.1. The van der Waals surface area contributed by atoms with Crippen molar-refractivity contribution in [2.75, 3.05) is 23.7 Å². The zero-order valence-corrected chi connectivity index (χ0v) is 26.4. The fourth-order valence-corrected chi connectivity index (χ4v) is 5.49. The number of anilines is 1. The Kier molecular flexibility index (Phi) is 12.5. The molecule has 42 heavy (non-hydrogen) atoms. The van der Waals surface area contributed by atoms with E-state index in [-0.39, 0.29) is 12.5 Å². The molecule has 0 aliphatic rings. The molecule has 1 N–H and O–H groups in total. The third kappa shape index (κ3) is 9.64. The minimum absolute atomic E-state index is 0.0410. The van der Waals surface area contributed by atoms with Crippen LogP contribution in [0, 0.1) is 0 Å². The van der Waals surface area contributed by atoms with E-state index in [0.717, 1.165) is 29.0 Å². The Labute approximate surface area is 258 Å². The van der Waals surface area contributed by atoms with Crippen LogP contribution in [0.15, 0.2) is 72.8 Å². The van der Waals surface area contributed by atoms with Crippen molar-refractivity contribution in [2.24, 2.45) is 0 Å². The fourth-order valence-electron chi connectivity index (χ4n) is 4.32. The molecule has 0 fully saturated rings. The monoisotopic (exact) mass is 633 g/mol. The fraction of sp³-hybridized carbons (Fsp3) is 0.355. The van der Waals surface area contributed by atoms with E-state index in [2.05, 4.69) is 5.32 Å². The Morgan fingerprint density at radius 2 is 1.62 bits per heavy atom. The largest absolute Gasteiger partial charge is 0.489 e. The number of ether oxygens (including phenoxy) is 1. The lowest BCUT2D eigenvalue weighted by molar-refractivity contribution is -0.140. The number of hydrogen-bond donors (Lipinski definition) is 1. The van der Waals surface area contributed by atoms with Gasteiger partial charge >= 0.3 is 0 Å². The molecule has 0 aromatic heterocycles. The van der Waals surface area contributed by atoms with E-state index in [1.165, 1.54) is 4.90 Å². The Bertz CT molecular complexity index is 1440. The van der Waals surface area contributed by atoms with Gasteiger partial charge in [-0.25, -0.2) is 8.42 Å². The van der Waals surface area contributed by atoms with Crippen LogP contribution in [-0.4, -0.2) is 50.5 Å². The van der Waals surface area contributed by atoms with Gasteiger partial charge in [0.05, 0.1) is 22.0 Å². The molecule has 11 heteroatoms. The average Bonchev–Trinajstić information content (AvgIpc) is 2.97. The lowest BCUT2D eigenvalue weighted by Crippen LogP contribution is -2.52. The third-order valence-electron chi connectivity index (χ3n) is 6.60. The summed E-state index contributed by atoms with van der Waals surface area (Å²) in [4.78, 5) is 28.4. The molecule has 0 spiro atoms. The molecular formula is C31H37Cl2N3O5S. The SMILES string of the molecule is CCCCNC(=O)[C@H](CC)N(Cc1ccc(Cl)c(Cl)c1)C(=O)CN(c1ccc(OCc2ccccc2)cc1)S(C)(=O)=O. The number of unbranched alkanes of at least 4 members (excludes halogenated alkanes) is 1. The first-order chi connectivity index (χ1) is 20.0. The number of carbonyl (C=O) groups excluding carboxylic acids is 2. The Balaban J connectivity index is 1.85. The maximum Gasteiger partial charge on any atom is 0.244 e. The first kappa shape index (κ1) is 33.2. The van der Waals surface area contributed by atoms with E-state index in [1.54, 1.807) is 42.5 Å². The van der Waals surface area contributed by atoms with E-state index in [0.29, 0.717) is 46.6 Å². The van der Waals surface area contributed by atoms with E-state index in [1.807, 2.05) is 44.2 Å². The molecule has 226 valence electrons. The molecule has 3 aromatic carbocycles. The molecule has 3 rings (SSSR count). The van der Waals surface area contributed by atoms with Crippen molar-refractivity contribution in [1.82, 2.24) is 10.2 Å². The normalized spacial score (nSPS) is 11.9. The number of rotatable bonds is 15. The predicted octanol–water partition coefficient (Wildman–Crippen LogP) is 6.06. The Hall–Kier alpha value is -3.27. The van der Waals surface area contributed by atoms with Crippen LogP contribution in [0.4, 0.5) is 5.69 Å². The van der Waals surface area contributed by atoms with Gasteiger partial charge in [-0.15, -0.1) is 0 Å². The van der Waals surface area contributed by atoms with E-state index >= 15 is 0 Å². The van der Waals surface area contributed by atoms with E-state index in [4.69, 9.17) is 27.9 Å². The van der Waals surface area contributed by atoms with Crippen molar-refractivity contribution in [3.05, 3.63) is 94.0 Å². The van der Waals surface area contributed by atoms with Gasteiger partial charge in [0, 0.05) is 13.1 Å². The lowest BCUT2D eigenvalue weighted by Gasteiger charge is -2.33. The van der Waals surface area contributed by atoms with Crippen LogP contribution in [0.3, 0.4) is 0 Å². The highest BCUT2D eigenvalue weighted by Gasteiger charge is 2.31. The van der Waals surface area contributed by atoms with Crippen molar-refractivity contribution in [2.45, 2.75) is 52.3 Å². The summed E-state index contributed by atoms with van der Waals surface area (Å²) in [6, 6.07) is 20.3. The molecule has 2 amide bonds. The minimum Gasteiger partial charge on any atom is -0.489 e. The number of halogens is 2. The molecule has 1 atom stereocenters. The molecule has 0 radical (unpaired) electrons. The summed E-state index contributed by atoms with van der Waals surface area (Å²) in [5, 5.41) is 3.57. The lowest BCUT2D eigenvalue weighted by atomic mass is 10.1. The predicted molar refractivity (Wildman–Crippen MR) is 168 cm³/mol. The van der Waals surface area contributed by atoms with Crippen LogP contribution in [0.25, 0.3) is 0 Å². The second kappa shape index (κ2) is 15.8. The first-order valence-corrected chi connectivity index (χ1v) is 16.4. The van der Waals surface area contributed by atoms with Crippen LogP contribution in [0.2, 0.25) is 10.0 Å². The molecule has 0 aliphatic heterocycles. The summed E-state index contributed by atoms with van der Waals surface area (Å²) in [5.74, 6) is -0.281. The van der Waals surface area contributed by atoms with E-state index in [9.17, 15) is 18.0 Å². The second-order valence-corrected chi connectivity index (χ2v) is 12.6. The number of nitrogens with zero attached hydrogens (tertiary/aromatic N) is 2. The summed E-state index contributed by atoms with van der Waals surface area (Å²) in [6.45, 7) is 4.21. The van der Waals surface area contributed by atoms with Gasteiger partial charge in [0.2, 0.25) is 21.8 Å². The molecule has 0 heterocycles. The highest BCUT2D eigenvalue weighted by atomic mass is 35.5. The standard InChI is InChI=1S/C31H37Cl2N3O5S/c1-4-6-18-34-31(38)29(5-2)35(20-24-12-17-27(32)28(33)19-24)30(37)21-36(42(3,39)40)25-13-15-26(16-14-25)41-22-23-10-8-7-9-11-23/h7-17,19,29H,4-6,18,20-22H2,1-3H3,(H,34,38)/t29-/m0/s1. The molecular weight excluding hydrogens is 597 g/mol. The maximum atomic E-state index is 13.8. The van der Waals surface area contributed by atoms with Gasteiger partial charge in [0.25, 0.3) is 0 Å². The number of benzene rings is 3. The number of hydrogen-bond acceptors (Lipinski definition) is 5. The Morgan fingerprint density at radius 1 is 0.929 bits per heavy atom. The highest BCUT2D eigenvalue weighted by molar-refractivity contribution is 7.92. The van der Waals surface area contributed by atoms with Crippen LogP contribution < -0.4 is 14.4 Å². The van der Waals surface area contributed by atoms with Crippen molar-refractivity contribution >= 4 is 50.7 Å². The van der Waals surface area contributed by atoms with Gasteiger partial charge < -0.3 is 15.0 Å². The molecule has 0 saturated heterocycles. The summed E-state index contributed by atoms with van der Waals surface area (Å²) in [7, 11) is -3.86. The molecule has 0 bridgehead atoms. The van der Waals surface area contributed by atoms with Crippen LogP contribution in [0.5, 0.6) is 5.75 Å². The Morgan fingerprint density at radius 3 is 2.21 bits per heavy atom. The zero-order chi connectivity index (χ0) is 30.7. The van der Waals surface area contributed by atoms with Gasteiger partial charge in [-0.1, -0.05) is 79.9 Å². The number of nitrogens with one attached hydrogen (secondary N) is 1. The summed E-state index contributed by atoms with van der Waals surface area (Å²) in [6.07, 6.45) is 3.08. The number of carbonyl (C=O) groups is 2. The van der Waals surface area contributed by atoms with Crippen LogP contribution >= 0.6 is 23.2 Å². The highest BCUT2D eigenvalue weighted by Crippen LogP contribution is 2.26. The van der Waals surface area contributed by atoms with Gasteiger partial charge in [-0.3, -0.25) is 13.9 Å². The van der Waals surface area contributed by atoms with Crippen molar-refractivity contribution < 1.29 is 22.7 Å². The summed E-state index contributed by atoms with van der Waals surface area (Å²) >= 11 is 12.3. The first-order valence-electron chi connectivity index (χ1n) is 13.8.